The van der Waals surface area contributed by atoms with E-state index in [0.29, 0.717) is 11.3 Å². The van der Waals surface area contributed by atoms with Crippen molar-refractivity contribution in [2.45, 2.75) is 0 Å². The normalized spacial score (nSPS) is 15.3. The minimum atomic E-state index is -0.551. The first-order valence-corrected chi connectivity index (χ1v) is 9.21. The predicted octanol–water partition coefficient (Wildman–Crippen LogP) is 3.60. The molecule has 2 N–H and O–H groups in total. The monoisotopic (exact) mass is 420 g/mol. The van der Waals surface area contributed by atoms with Gasteiger partial charge < -0.3 is 9.84 Å². The molecule has 0 radical (unpaired) electrons. The molecule has 1 aliphatic rings. The number of nitrogens with one attached hydrogen (secondary N) is 1. The van der Waals surface area contributed by atoms with E-state index >= 15 is 0 Å². The average Bonchev–Trinajstić information content (AvgIpc) is 2.91. The van der Waals surface area contributed by atoms with Crippen LogP contribution in [0.5, 0.6) is 11.5 Å². The fourth-order valence-corrected chi connectivity index (χ4v) is 3.68. The number of hydrazine groups is 1. The molecule has 9 heteroatoms. The van der Waals surface area contributed by atoms with Gasteiger partial charge in [-0.25, -0.2) is 0 Å². The zero-order valence-corrected chi connectivity index (χ0v) is 16.3. The van der Waals surface area contributed by atoms with Gasteiger partial charge in [0.1, 0.15) is 11.5 Å². The molecule has 2 amide bonds. The van der Waals surface area contributed by atoms with Crippen LogP contribution in [0.15, 0.2) is 47.4 Å². The third-order valence-electron chi connectivity index (χ3n) is 3.65. The summed E-state index contributed by atoms with van der Waals surface area (Å²) in [5.41, 5.74) is 3.11. The second-order valence-corrected chi connectivity index (χ2v) is 7.45. The first-order chi connectivity index (χ1) is 12.9. The maximum atomic E-state index is 12.6. The molecule has 3 rings (SSSR count). The van der Waals surface area contributed by atoms with Crippen LogP contribution < -0.4 is 10.2 Å². The SMILES string of the molecule is COc1ccc(/C=C2\SC(=S)N(NC(=O)c3ccccc3Cl)C2=O)c(O)c1. The van der Waals surface area contributed by atoms with E-state index < -0.39 is 11.8 Å². The Kier molecular flexibility index (Phi) is 5.69. The summed E-state index contributed by atoms with van der Waals surface area (Å²) in [5.74, 6) is -0.602. The van der Waals surface area contributed by atoms with E-state index in [2.05, 4.69) is 5.43 Å². The van der Waals surface area contributed by atoms with Gasteiger partial charge >= 0.3 is 0 Å². The molecular weight excluding hydrogens is 408 g/mol. The molecule has 1 aliphatic heterocycles. The van der Waals surface area contributed by atoms with E-state index in [1.54, 1.807) is 36.4 Å². The fraction of sp³-hybridized carbons (Fsp3) is 0.0556. The van der Waals surface area contributed by atoms with E-state index in [1.807, 2.05) is 0 Å². The predicted molar refractivity (Wildman–Crippen MR) is 109 cm³/mol. The quantitative estimate of drug-likeness (QED) is 0.581. The molecule has 0 spiro atoms. The molecule has 2 aromatic rings. The summed E-state index contributed by atoms with van der Waals surface area (Å²) >= 11 is 12.2. The highest BCUT2D eigenvalue weighted by Gasteiger charge is 2.34. The van der Waals surface area contributed by atoms with Crippen molar-refractivity contribution in [3.05, 3.63) is 63.5 Å². The Morgan fingerprint density at radius 1 is 1.33 bits per heavy atom. The molecule has 0 unspecified atom stereocenters. The number of nitrogens with zero attached hydrogens (tertiary/aromatic N) is 1. The summed E-state index contributed by atoms with van der Waals surface area (Å²) in [7, 11) is 1.49. The number of thioether (sulfide) groups is 1. The summed E-state index contributed by atoms with van der Waals surface area (Å²) < 4.78 is 5.20. The zero-order chi connectivity index (χ0) is 19.6. The maximum Gasteiger partial charge on any atom is 0.285 e. The summed E-state index contributed by atoms with van der Waals surface area (Å²) in [4.78, 5) is 25.2. The van der Waals surface area contributed by atoms with E-state index in [0.717, 1.165) is 16.8 Å². The van der Waals surface area contributed by atoms with E-state index in [1.165, 1.54) is 19.3 Å². The molecular formula is C18H13ClN2O4S2. The summed E-state index contributed by atoms with van der Waals surface area (Å²) in [6.45, 7) is 0. The van der Waals surface area contributed by atoms with Gasteiger partial charge in [0, 0.05) is 11.6 Å². The number of phenols is 1. The highest BCUT2D eigenvalue weighted by molar-refractivity contribution is 8.26. The highest BCUT2D eigenvalue weighted by atomic mass is 35.5. The van der Waals surface area contributed by atoms with Crippen LogP contribution in [0.2, 0.25) is 5.02 Å². The molecule has 0 bridgehead atoms. The number of hydrogen-bond donors (Lipinski definition) is 2. The lowest BCUT2D eigenvalue weighted by atomic mass is 10.1. The van der Waals surface area contributed by atoms with Gasteiger partial charge in [0.2, 0.25) is 0 Å². The fourth-order valence-electron chi connectivity index (χ4n) is 2.28. The van der Waals surface area contributed by atoms with Crippen molar-refractivity contribution < 1.29 is 19.4 Å². The Labute approximate surface area is 169 Å². The van der Waals surface area contributed by atoms with Gasteiger partial charge in [-0.3, -0.25) is 15.0 Å². The van der Waals surface area contributed by atoms with E-state index in [9.17, 15) is 14.7 Å². The number of rotatable bonds is 4. The van der Waals surface area contributed by atoms with Gasteiger partial charge in [-0.2, -0.15) is 5.01 Å². The number of aromatic hydroxyl groups is 1. The number of phenolic OH excluding ortho intramolecular Hbond substituents is 1. The van der Waals surface area contributed by atoms with Crippen molar-refractivity contribution in [1.29, 1.82) is 0 Å². The minimum Gasteiger partial charge on any atom is -0.507 e. The number of carbonyl (C=O) groups is 2. The van der Waals surface area contributed by atoms with Crippen LogP contribution in [0, 0.1) is 0 Å². The molecule has 0 atom stereocenters. The number of hydrogen-bond acceptors (Lipinski definition) is 6. The lowest BCUT2D eigenvalue weighted by Gasteiger charge is -2.16. The maximum absolute atomic E-state index is 12.6. The Hall–Kier alpha value is -2.55. The molecule has 0 aliphatic carbocycles. The van der Waals surface area contributed by atoms with Gasteiger partial charge in [0.15, 0.2) is 4.32 Å². The van der Waals surface area contributed by atoms with Gasteiger partial charge in [-0.1, -0.05) is 35.5 Å². The second-order valence-electron chi connectivity index (χ2n) is 5.36. The molecule has 1 fully saturated rings. The van der Waals surface area contributed by atoms with Crippen molar-refractivity contribution in [2.24, 2.45) is 0 Å². The Morgan fingerprint density at radius 3 is 2.74 bits per heavy atom. The zero-order valence-electron chi connectivity index (χ0n) is 13.9. The van der Waals surface area contributed by atoms with Crippen molar-refractivity contribution in [3.8, 4) is 11.5 Å². The van der Waals surface area contributed by atoms with Crippen LogP contribution in [0.3, 0.4) is 0 Å². The summed E-state index contributed by atoms with van der Waals surface area (Å²) in [6.07, 6.45) is 1.50. The Morgan fingerprint density at radius 2 is 2.07 bits per heavy atom. The summed E-state index contributed by atoms with van der Waals surface area (Å²) in [6, 6.07) is 11.2. The first kappa shape index (κ1) is 19.2. The van der Waals surface area contributed by atoms with Crippen LogP contribution in [-0.2, 0) is 4.79 Å². The third-order valence-corrected chi connectivity index (χ3v) is 5.28. The number of carbonyl (C=O) groups excluding carboxylic acids is 2. The van der Waals surface area contributed by atoms with E-state index in [4.69, 9.17) is 28.6 Å². The standard InChI is InChI=1S/C18H13ClN2O4S2/c1-25-11-7-6-10(14(22)9-11)8-15-17(24)21(18(26)27-15)20-16(23)12-4-2-3-5-13(12)19/h2-9,22H,1H3,(H,20,23)/b15-8-. The molecule has 2 aromatic carbocycles. The molecule has 0 aromatic heterocycles. The van der Waals surface area contributed by atoms with Crippen LogP contribution >= 0.6 is 35.6 Å². The van der Waals surface area contributed by atoms with Crippen molar-refractivity contribution in [3.63, 3.8) is 0 Å². The van der Waals surface area contributed by atoms with Crippen LogP contribution in [0.1, 0.15) is 15.9 Å². The largest absolute Gasteiger partial charge is 0.507 e. The van der Waals surface area contributed by atoms with Crippen LogP contribution in [0.4, 0.5) is 0 Å². The third kappa shape index (κ3) is 4.08. The molecule has 138 valence electrons. The Balaban J connectivity index is 1.81. The topological polar surface area (TPSA) is 78.9 Å². The highest BCUT2D eigenvalue weighted by Crippen LogP contribution is 2.34. The van der Waals surface area contributed by atoms with Gasteiger partial charge in [-0.15, -0.1) is 0 Å². The number of ether oxygens (including phenoxy) is 1. The van der Waals surface area contributed by atoms with Crippen molar-refractivity contribution in [2.75, 3.05) is 7.11 Å². The number of thiocarbonyl (C=S) groups is 1. The number of benzene rings is 2. The average molecular weight is 421 g/mol. The second kappa shape index (κ2) is 7.99. The number of methoxy groups -OCH3 is 1. The number of amides is 2. The summed E-state index contributed by atoms with van der Waals surface area (Å²) in [5, 5.41) is 11.3. The molecule has 27 heavy (non-hydrogen) atoms. The van der Waals surface area contributed by atoms with Crippen LogP contribution in [0.25, 0.3) is 6.08 Å². The molecule has 6 nitrogen and oxygen atoms in total. The van der Waals surface area contributed by atoms with E-state index in [-0.39, 0.29) is 25.6 Å². The lowest BCUT2D eigenvalue weighted by Crippen LogP contribution is -2.44. The number of halogens is 1. The van der Waals surface area contributed by atoms with Gasteiger partial charge in [0.05, 0.1) is 22.6 Å². The van der Waals surface area contributed by atoms with Crippen LogP contribution in [-0.4, -0.2) is 33.4 Å². The smallest absolute Gasteiger partial charge is 0.285 e. The first-order valence-electron chi connectivity index (χ1n) is 7.61. The van der Waals surface area contributed by atoms with Gasteiger partial charge in [0.25, 0.3) is 11.8 Å². The molecule has 1 saturated heterocycles. The van der Waals surface area contributed by atoms with Crippen molar-refractivity contribution >= 4 is 57.8 Å². The lowest BCUT2D eigenvalue weighted by molar-refractivity contribution is -0.123. The molecule has 1 heterocycles. The van der Waals surface area contributed by atoms with Gasteiger partial charge in [-0.05, 0) is 42.6 Å². The van der Waals surface area contributed by atoms with Crippen molar-refractivity contribution in [1.82, 2.24) is 10.4 Å². The molecule has 0 saturated carbocycles. The Bertz CT molecular complexity index is 978. The minimum absolute atomic E-state index is 0.0419.